The van der Waals surface area contributed by atoms with E-state index in [9.17, 15) is 14.0 Å². The Bertz CT molecular complexity index is 793. The largest absolute Gasteiger partial charge is 0.352 e. The van der Waals surface area contributed by atoms with E-state index in [1.165, 1.54) is 17.0 Å². The first-order valence-electron chi connectivity index (χ1n) is 9.39. The van der Waals surface area contributed by atoms with Crippen molar-refractivity contribution in [2.75, 3.05) is 0 Å². The number of hydrogen-bond acceptors (Lipinski definition) is 2. The zero-order valence-electron chi connectivity index (χ0n) is 16.4. The van der Waals surface area contributed by atoms with E-state index in [1.54, 1.807) is 43.3 Å². The lowest BCUT2D eigenvalue weighted by molar-refractivity contribution is -0.140. The molecule has 2 amide bonds. The van der Waals surface area contributed by atoms with E-state index in [4.69, 9.17) is 11.6 Å². The molecule has 150 valence electrons. The van der Waals surface area contributed by atoms with Gasteiger partial charge in [0.15, 0.2) is 0 Å². The third-order valence-electron chi connectivity index (χ3n) is 4.70. The lowest BCUT2D eigenvalue weighted by atomic mass is 10.1. The summed E-state index contributed by atoms with van der Waals surface area (Å²) in [4.78, 5) is 27.2. The van der Waals surface area contributed by atoms with Crippen LogP contribution in [-0.4, -0.2) is 28.8 Å². The standard InChI is InChI=1S/C22H26ClFN2O2/c1-4-15(2)25-22(28)16(3)26(14-18-7-11-20(24)12-8-18)21(27)13-17-5-9-19(23)10-6-17/h5-12,15-16H,4,13-14H2,1-3H3,(H,25,28)/t15-,16-/m0/s1. The minimum Gasteiger partial charge on any atom is -0.352 e. The van der Waals surface area contributed by atoms with Crippen molar-refractivity contribution in [1.82, 2.24) is 10.2 Å². The number of carbonyl (C=O) groups excluding carboxylic acids is 2. The van der Waals surface area contributed by atoms with Crippen molar-refractivity contribution in [2.24, 2.45) is 0 Å². The Balaban J connectivity index is 2.20. The first-order valence-corrected chi connectivity index (χ1v) is 9.76. The van der Waals surface area contributed by atoms with E-state index in [2.05, 4.69) is 5.32 Å². The summed E-state index contributed by atoms with van der Waals surface area (Å²) in [6.45, 7) is 5.84. The van der Waals surface area contributed by atoms with Gasteiger partial charge in [-0.05, 0) is 55.7 Å². The molecule has 0 aromatic heterocycles. The highest BCUT2D eigenvalue weighted by molar-refractivity contribution is 6.30. The molecule has 0 aliphatic heterocycles. The van der Waals surface area contributed by atoms with Gasteiger partial charge in [-0.25, -0.2) is 4.39 Å². The zero-order valence-corrected chi connectivity index (χ0v) is 17.2. The smallest absolute Gasteiger partial charge is 0.242 e. The highest BCUT2D eigenvalue weighted by Gasteiger charge is 2.26. The molecule has 0 bridgehead atoms. The van der Waals surface area contributed by atoms with Gasteiger partial charge in [-0.1, -0.05) is 42.8 Å². The third kappa shape index (κ3) is 6.34. The average molecular weight is 405 g/mol. The van der Waals surface area contributed by atoms with Crippen LogP contribution in [0.4, 0.5) is 4.39 Å². The van der Waals surface area contributed by atoms with Gasteiger partial charge in [0, 0.05) is 17.6 Å². The van der Waals surface area contributed by atoms with E-state index in [1.807, 2.05) is 13.8 Å². The fourth-order valence-corrected chi connectivity index (χ4v) is 2.84. The van der Waals surface area contributed by atoms with Gasteiger partial charge in [0.1, 0.15) is 11.9 Å². The topological polar surface area (TPSA) is 49.4 Å². The summed E-state index contributed by atoms with van der Waals surface area (Å²) < 4.78 is 13.2. The Morgan fingerprint density at radius 2 is 1.61 bits per heavy atom. The molecule has 4 nitrogen and oxygen atoms in total. The van der Waals surface area contributed by atoms with E-state index in [-0.39, 0.29) is 36.6 Å². The predicted molar refractivity (Wildman–Crippen MR) is 109 cm³/mol. The Kier molecular flexibility index (Phi) is 8.00. The Morgan fingerprint density at radius 3 is 2.18 bits per heavy atom. The Hall–Kier alpha value is -2.40. The molecule has 0 unspecified atom stereocenters. The Morgan fingerprint density at radius 1 is 1.04 bits per heavy atom. The molecule has 0 spiro atoms. The number of benzene rings is 2. The average Bonchev–Trinajstić information content (AvgIpc) is 2.68. The summed E-state index contributed by atoms with van der Waals surface area (Å²) in [5.41, 5.74) is 1.57. The van der Waals surface area contributed by atoms with Gasteiger partial charge in [-0.2, -0.15) is 0 Å². The minimum atomic E-state index is -0.654. The molecule has 2 aromatic carbocycles. The van der Waals surface area contributed by atoms with Crippen molar-refractivity contribution in [3.8, 4) is 0 Å². The van der Waals surface area contributed by atoms with Crippen LogP contribution in [0.15, 0.2) is 48.5 Å². The van der Waals surface area contributed by atoms with Crippen molar-refractivity contribution < 1.29 is 14.0 Å². The highest BCUT2D eigenvalue weighted by atomic mass is 35.5. The number of nitrogens with one attached hydrogen (secondary N) is 1. The second-order valence-electron chi connectivity index (χ2n) is 6.95. The molecule has 0 aliphatic carbocycles. The van der Waals surface area contributed by atoms with E-state index < -0.39 is 6.04 Å². The molecule has 2 aromatic rings. The fourth-order valence-electron chi connectivity index (χ4n) is 2.71. The van der Waals surface area contributed by atoms with E-state index >= 15 is 0 Å². The lowest BCUT2D eigenvalue weighted by Gasteiger charge is -2.30. The van der Waals surface area contributed by atoms with Crippen LogP contribution in [0.1, 0.15) is 38.3 Å². The number of nitrogens with zero attached hydrogens (tertiary/aromatic N) is 1. The number of amides is 2. The molecule has 0 aliphatic rings. The van der Waals surface area contributed by atoms with Crippen LogP contribution in [-0.2, 0) is 22.6 Å². The molecule has 0 saturated carbocycles. The van der Waals surface area contributed by atoms with Gasteiger partial charge in [-0.3, -0.25) is 9.59 Å². The third-order valence-corrected chi connectivity index (χ3v) is 4.96. The van der Waals surface area contributed by atoms with Crippen LogP contribution in [0.5, 0.6) is 0 Å². The summed E-state index contributed by atoms with van der Waals surface area (Å²) >= 11 is 5.91. The molecule has 0 saturated heterocycles. The summed E-state index contributed by atoms with van der Waals surface area (Å²) in [5.74, 6) is -0.732. The van der Waals surface area contributed by atoms with Crippen molar-refractivity contribution >= 4 is 23.4 Å². The molecular formula is C22H26ClFN2O2. The minimum absolute atomic E-state index is 0.0222. The van der Waals surface area contributed by atoms with Crippen LogP contribution >= 0.6 is 11.6 Å². The van der Waals surface area contributed by atoms with Crippen molar-refractivity contribution in [3.63, 3.8) is 0 Å². The van der Waals surface area contributed by atoms with Crippen LogP contribution < -0.4 is 5.32 Å². The summed E-state index contributed by atoms with van der Waals surface area (Å²) in [7, 11) is 0. The van der Waals surface area contributed by atoms with Crippen molar-refractivity contribution in [2.45, 2.75) is 52.2 Å². The molecular weight excluding hydrogens is 379 g/mol. The fraction of sp³-hybridized carbons (Fsp3) is 0.364. The van der Waals surface area contributed by atoms with Crippen molar-refractivity contribution in [3.05, 3.63) is 70.5 Å². The molecule has 28 heavy (non-hydrogen) atoms. The molecule has 6 heteroatoms. The molecule has 0 fully saturated rings. The van der Waals surface area contributed by atoms with Crippen LogP contribution in [0, 0.1) is 5.82 Å². The molecule has 1 N–H and O–H groups in total. The van der Waals surface area contributed by atoms with E-state index in [0.717, 1.165) is 17.5 Å². The van der Waals surface area contributed by atoms with Gasteiger partial charge >= 0.3 is 0 Å². The first kappa shape index (κ1) is 21.9. The van der Waals surface area contributed by atoms with Gasteiger partial charge in [0.05, 0.1) is 6.42 Å². The molecule has 0 heterocycles. The van der Waals surface area contributed by atoms with Gasteiger partial charge in [0.2, 0.25) is 11.8 Å². The Labute approximate surface area is 170 Å². The van der Waals surface area contributed by atoms with Gasteiger partial charge in [0.25, 0.3) is 0 Å². The maximum absolute atomic E-state index is 13.2. The number of halogens is 2. The maximum atomic E-state index is 13.2. The molecule has 0 radical (unpaired) electrons. The monoisotopic (exact) mass is 404 g/mol. The highest BCUT2D eigenvalue weighted by Crippen LogP contribution is 2.15. The molecule has 2 atom stereocenters. The quantitative estimate of drug-likeness (QED) is 0.710. The second kappa shape index (κ2) is 10.2. The first-order chi connectivity index (χ1) is 13.3. The summed E-state index contributed by atoms with van der Waals surface area (Å²) in [5, 5.41) is 3.52. The van der Waals surface area contributed by atoms with Crippen molar-refractivity contribution in [1.29, 1.82) is 0 Å². The van der Waals surface area contributed by atoms with Gasteiger partial charge < -0.3 is 10.2 Å². The van der Waals surface area contributed by atoms with Crippen LogP contribution in [0.25, 0.3) is 0 Å². The zero-order chi connectivity index (χ0) is 20.7. The molecule has 2 rings (SSSR count). The SMILES string of the molecule is CC[C@H](C)NC(=O)[C@H](C)N(Cc1ccc(F)cc1)C(=O)Cc1ccc(Cl)cc1. The summed E-state index contributed by atoms with van der Waals surface area (Å²) in [6, 6.07) is 12.4. The normalized spacial score (nSPS) is 12.9. The van der Waals surface area contributed by atoms with Crippen LogP contribution in [0.2, 0.25) is 5.02 Å². The second-order valence-corrected chi connectivity index (χ2v) is 7.38. The maximum Gasteiger partial charge on any atom is 0.242 e. The number of carbonyl (C=O) groups is 2. The summed E-state index contributed by atoms with van der Waals surface area (Å²) in [6.07, 6.45) is 0.953. The van der Waals surface area contributed by atoms with Crippen LogP contribution in [0.3, 0.4) is 0 Å². The lowest BCUT2D eigenvalue weighted by Crippen LogP contribution is -2.49. The number of hydrogen-bond donors (Lipinski definition) is 1. The van der Waals surface area contributed by atoms with E-state index in [0.29, 0.717) is 5.02 Å². The van der Waals surface area contributed by atoms with Gasteiger partial charge in [-0.15, -0.1) is 0 Å². The number of rotatable bonds is 8. The predicted octanol–water partition coefficient (Wildman–Crippen LogP) is 4.35.